The fourth-order valence-corrected chi connectivity index (χ4v) is 0.446. The van der Waals surface area contributed by atoms with E-state index >= 15 is 0 Å². The first-order valence-electron chi connectivity index (χ1n) is 3.41. The number of hydrogen-bond donors (Lipinski definition) is 0. The van der Waals surface area contributed by atoms with Gasteiger partial charge in [0.15, 0.2) is 0 Å². The molecule has 0 aliphatic heterocycles. The Morgan fingerprint density at radius 3 is 2.90 bits per heavy atom. The van der Waals surface area contributed by atoms with Crippen molar-refractivity contribution in [3.05, 3.63) is 30.0 Å². The van der Waals surface area contributed by atoms with Crippen LogP contribution in [0.2, 0.25) is 0 Å². The zero-order valence-corrected chi connectivity index (χ0v) is 6.30. The van der Waals surface area contributed by atoms with Gasteiger partial charge in [-0.15, -0.1) is 18.1 Å². The highest BCUT2D eigenvalue weighted by Crippen LogP contribution is 1.81. The minimum atomic E-state index is 0.699. The van der Waals surface area contributed by atoms with Crippen molar-refractivity contribution in [2.24, 2.45) is 0 Å². The molecule has 0 saturated carbocycles. The topological polar surface area (TPSA) is 0 Å². The molecule has 0 spiro atoms. The first kappa shape index (κ1) is 8.82. The molecule has 0 saturated heterocycles. The molecule has 0 heterocycles. The van der Waals surface area contributed by atoms with E-state index in [1.807, 2.05) is 24.3 Å². The maximum Gasteiger partial charge on any atom is 0.0270 e. The smallest absolute Gasteiger partial charge is 0.0270 e. The van der Waals surface area contributed by atoms with Crippen LogP contribution in [-0.4, -0.2) is 0 Å². The van der Waals surface area contributed by atoms with Crippen LogP contribution in [0, 0.1) is 12.3 Å². The van der Waals surface area contributed by atoms with Gasteiger partial charge in [-0.3, -0.25) is 0 Å². The zero-order chi connectivity index (χ0) is 7.66. The summed E-state index contributed by atoms with van der Waals surface area (Å²) in [5, 5.41) is 0. The van der Waals surface area contributed by atoms with Crippen LogP contribution in [0.3, 0.4) is 0 Å². The molecule has 0 N–H and O–H groups in total. The molecule has 0 atom stereocenters. The Kier molecular flexibility index (Phi) is 6.90. The second-order valence-corrected chi connectivity index (χ2v) is 1.78. The van der Waals surface area contributed by atoms with Gasteiger partial charge in [-0.05, 0) is 18.6 Å². The number of terminal acetylenes is 1. The lowest BCUT2D eigenvalue weighted by molar-refractivity contribution is 1.23. The zero-order valence-electron chi connectivity index (χ0n) is 6.30. The van der Waals surface area contributed by atoms with Gasteiger partial charge in [0.1, 0.15) is 0 Å². The van der Waals surface area contributed by atoms with Crippen molar-refractivity contribution < 1.29 is 0 Å². The number of hydrogen-bond acceptors (Lipinski definition) is 0. The fraction of sp³-hybridized carbons (Fsp3) is 0.300. The van der Waals surface area contributed by atoms with E-state index in [-0.39, 0.29) is 0 Å². The van der Waals surface area contributed by atoms with Gasteiger partial charge >= 0.3 is 0 Å². The van der Waals surface area contributed by atoms with Gasteiger partial charge in [0.25, 0.3) is 0 Å². The van der Waals surface area contributed by atoms with Crippen LogP contribution in [-0.2, 0) is 0 Å². The molecule has 0 bridgehead atoms. The molecule has 0 rings (SSSR count). The predicted octanol–water partition coefficient (Wildman–Crippen LogP) is 2.69. The van der Waals surface area contributed by atoms with Crippen molar-refractivity contribution in [3.8, 4) is 12.3 Å². The predicted molar refractivity (Wildman–Crippen MR) is 45.5 cm³/mol. The molecule has 0 heteroatoms. The standard InChI is InChI=1S/C10H12/c1-3-5-7-9-10-8-6-4-2/h1,6-7,9-10H,4-5H2,2H3. The van der Waals surface area contributed by atoms with Gasteiger partial charge in [0.2, 0.25) is 0 Å². The molecule has 10 heavy (non-hydrogen) atoms. The van der Waals surface area contributed by atoms with Crippen molar-refractivity contribution in [1.29, 1.82) is 0 Å². The van der Waals surface area contributed by atoms with E-state index in [0.29, 0.717) is 6.42 Å². The van der Waals surface area contributed by atoms with E-state index in [1.165, 1.54) is 0 Å². The van der Waals surface area contributed by atoms with Gasteiger partial charge < -0.3 is 0 Å². The van der Waals surface area contributed by atoms with Crippen LogP contribution in [0.1, 0.15) is 19.8 Å². The van der Waals surface area contributed by atoms with E-state index < -0.39 is 0 Å². The summed E-state index contributed by atoms with van der Waals surface area (Å²) in [6.45, 7) is 2.08. The van der Waals surface area contributed by atoms with Crippen LogP contribution in [0.15, 0.2) is 30.0 Å². The Labute approximate surface area is 63.0 Å². The third kappa shape index (κ3) is 6.82. The summed E-state index contributed by atoms with van der Waals surface area (Å²) in [7, 11) is 0. The van der Waals surface area contributed by atoms with Gasteiger partial charge in [-0.25, -0.2) is 0 Å². The SMILES string of the molecule is C#CCC=CC=C=CCC. The Morgan fingerprint density at radius 1 is 1.50 bits per heavy atom. The Balaban J connectivity index is 3.53. The van der Waals surface area contributed by atoms with Crippen molar-refractivity contribution in [2.45, 2.75) is 19.8 Å². The maximum atomic E-state index is 5.03. The Morgan fingerprint density at radius 2 is 2.30 bits per heavy atom. The van der Waals surface area contributed by atoms with Crippen LogP contribution in [0.4, 0.5) is 0 Å². The van der Waals surface area contributed by atoms with Crippen LogP contribution in [0.25, 0.3) is 0 Å². The molecule has 0 aromatic rings. The highest BCUT2D eigenvalue weighted by molar-refractivity contribution is 5.06. The summed E-state index contributed by atoms with van der Waals surface area (Å²) in [6.07, 6.45) is 14.4. The third-order valence-electron chi connectivity index (χ3n) is 0.886. The largest absolute Gasteiger partial charge is 0.125 e. The van der Waals surface area contributed by atoms with Gasteiger partial charge in [0.05, 0.1) is 0 Å². The summed E-state index contributed by atoms with van der Waals surface area (Å²) < 4.78 is 0. The average molecular weight is 132 g/mol. The third-order valence-corrected chi connectivity index (χ3v) is 0.886. The van der Waals surface area contributed by atoms with E-state index in [1.54, 1.807) is 0 Å². The summed E-state index contributed by atoms with van der Waals surface area (Å²) in [6, 6.07) is 0. The summed E-state index contributed by atoms with van der Waals surface area (Å²) >= 11 is 0. The normalized spacial score (nSPS) is 8.40. The van der Waals surface area contributed by atoms with Gasteiger partial charge in [0, 0.05) is 6.42 Å². The molecule has 0 aromatic carbocycles. The molecular weight excluding hydrogens is 120 g/mol. The minimum absolute atomic E-state index is 0.699. The molecule has 0 radical (unpaired) electrons. The highest BCUT2D eigenvalue weighted by atomic mass is 13.7. The lowest BCUT2D eigenvalue weighted by Crippen LogP contribution is -1.53. The van der Waals surface area contributed by atoms with E-state index in [2.05, 4.69) is 18.6 Å². The summed E-state index contributed by atoms with van der Waals surface area (Å²) in [4.78, 5) is 0. The maximum absolute atomic E-state index is 5.03. The lowest BCUT2D eigenvalue weighted by atomic mass is 10.4. The van der Waals surface area contributed by atoms with Crippen LogP contribution >= 0.6 is 0 Å². The second-order valence-electron chi connectivity index (χ2n) is 1.78. The Bertz CT molecular complexity index is 183. The van der Waals surface area contributed by atoms with Crippen molar-refractivity contribution >= 4 is 0 Å². The first-order valence-corrected chi connectivity index (χ1v) is 3.41. The van der Waals surface area contributed by atoms with E-state index in [0.717, 1.165) is 6.42 Å². The van der Waals surface area contributed by atoms with E-state index in [4.69, 9.17) is 6.42 Å². The second kappa shape index (κ2) is 7.82. The van der Waals surface area contributed by atoms with Gasteiger partial charge in [-0.1, -0.05) is 19.1 Å². The monoisotopic (exact) mass is 132 g/mol. The highest BCUT2D eigenvalue weighted by Gasteiger charge is 1.62. The lowest BCUT2D eigenvalue weighted by Gasteiger charge is -1.71. The molecule has 0 amide bonds. The van der Waals surface area contributed by atoms with Crippen molar-refractivity contribution in [2.75, 3.05) is 0 Å². The molecule has 52 valence electrons. The quantitative estimate of drug-likeness (QED) is 0.314. The molecule has 0 aliphatic rings. The van der Waals surface area contributed by atoms with E-state index in [9.17, 15) is 0 Å². The summed E-state index contributed by atoms with van der Waals surface area (Å²) in [5.74, 6) is 2.51. The van der Waals surface area contributed by atoms with Crippen molar-refractivity contribution in [3.63, 3.8) is 0 Å². The van der Waals surface area contributed by atoms with Crippen LogP contribution < -0.4 is 0 Å². The summed E-state index contributed by atoms with van der Waals surface area (Å²) in [5.41, 5.74) is 2.99. The van der Waals surface area contributed by atoms with Crippen molar-refractivity contribution in [1.82, 2.24) is 0 Å². The molecule has 0 aromatic heterocycles. The minimum Gasteiger partial charge on any atom is -0.125 e. The number of rotatable bonds is 3. The molecule has 0 unspecified atom stereocenters. The fourth-order valence-electron chi connectivity index (χ4n) is 0.446. The Hall–Kier alpha value is -1.18. The molecular formula is C10H12. The number of allylic oxidation sites excluding steroid dienone is 3. The molecule has 0 aliphatic carbocycles. The average Bonchev–Trinajstić information content (AvgIpc) is 1.97. The van der Waals surface area contributed by atoms with Gasteiger partial charge in [-0.2, -0.15) is 0 Å². The van der Waals surface area contributed by atoms with Crippen LogP contribution in [0.5, 0.6) is 0 Å². The first-order chi connectivity index (χ1) is 4.91. The molecule has 0 fully saturated rings. The molecule has 0 nitrogen and oxygen atoms in total.